The minimum Gasteiger partial charge on any atom is -0.347 e. The van der Waals surface area contributed by atoms with E-state index in [0.717, 1.165) is 64.2 Å². The molecule has 2 unspecified atom stereocenters. The second-order valence-electron chi connectivity index (χ2n) is 14.7. The minimum absolute atomic E-state index is 0.0143. The molecule has 0 bridgehead atoms. The van der Waals surface area contributed by atoms with E-state index >= 15 is 0 Å². The lowest BCUT2D eigenvalue weighted by molar-refractivity contribution is -0.144. The lowest BCUT2D eigenvalue weighted by Crippen LogP contribution is -2.61. The molecule has 3 aliphatic rings. The molecule has 3 N–H and O–H groups in total. The largest absolute Gasteiger partial charge is 0.347 e. The van der Waals surface area contributed by atoms with Crippen molar-refractivity contribution in [1.29, 1.82) is 0 Å². The number of hydrogen-bond acceptors (Lipinski definition) is 8. The molecule has 1 aromatic rings. The van der Waals surface area contributed by atoms with E-state index in [9.17, 15) is 28.8 Å². The highest BCUT2D eigenvalue weighted by Crippen LogP contribution is 2.33. The van der Waals surface area contributed by atoms with Gasteiger partial charge in [-0.25, -0.2) is 4.98 Å². The van der Waals surface area contributed by atoms with Crippen LogP contribution in [-0.4, -0.2) is 80.8 Å². The molecule has 4 atom stereocenters. The van der Waals surface area contributed by atoms with Crippen molar-refractivity contribution >= 4 is 35.2 Å². The standard InChI is InChI=1S/C28H43N5O4.C6H9NO2.C3H8/c1-6-10-20-13-16-33(23(20)18(2)34)27(37)24(28(3,4)5)32-26(36)22(19-11-8-7-9-12-19)31-25(35)21-17-29-14-15-30-21;1-4(8)6(9)7-5-2-3-5;1-3-2/h14-15,17,19-20,22-24H,6-13,16H2,1-5H3,(H,31,35)(H,32,36);5H,2-3H2,1H3,(H,7,9);3H2,1-2H3/t20-,22-,23?,24?;;/m0../s1. The highest BCUT2D eigenvalue weighted by atomic mass is 16.2. The minimum atomic E-state index is -0.832. The zero-order valence-electron chi connectivity index (χ0n) is 31.0. The van der Waals surface area contributed by atoms with E-state index in [0.29, 0.717) is 12.6 Å². The van der Waals surface area contributed by atoms with Crippen LogP contribution >= 0.6 is 0 Å². The Morgan fingerprint density at radius 2 is 1.53 bits per heavy atom. The van der Waals surface area contributed by atoms with Crippen LogP contribution in [0.5, 0.6) is 0 Å². The first-order chi connectivity index (χ1) is 23.2. The van der Waals surface area contributed by atoms with E-state index in [-0.39, 0.29) is 35.1 Å². The predicted molar refractivity (Wildman–Crippen MR) is 188 cm³/mol. The predicted octanol–water partition coefficient (Wildman–Crippen LogP) is 4.56. The first-order valence-corrected chi connectivity index (χ1v) is 18.2. The number of Topliss-reactive ketones (excluding diaryl/α,β-unsaturated/α-hetero) is 2. The van der Waals surface area contributed by atoms with Crippen molar-refractivity contribution in [1.82, 2.24) is 30.8 Å². The Hall–Kier alpha value is -3.70. The molecule has 1 aliphatic heterocycles. The van der Waals surface area contributed by atoms with Gasteiger partial charge in [-0.15, -0.1) is 0 Å². The molecule has 12 nitrogen and oxygen atoms in total. The monoisotopic (exact) mass is 684 g/mol. The van der Waals surface area contributed by atoms with E-state index < -0.39 is 41.1 Å². The van der Waals surface area contributed by atoms with Gasteiger partial charge in [0.05, 0.1) is 12.2 Å². The van der Waals surface area contributed by atoms with Gasteiger partial charge in [-0.05, 0) is 62.7 Å². The Balaban J connectivity index is 0.000000586. The van der Waals surface area contributed by atoms with Crippen LogP contribution in [0.1, 0.15) is 137 Å². The normalized spacial score (nSPS) is 20.3. The van der Waals surface area contributed by atoms with Crippen molar-refractivity contribution in [2.24, 2.45) is 17.3 Å². The van der Waals surface area contributed by atoms with E-state index in [4.69, 9.17) is 0 Å². The number of ketones is 2. The van der Waals surface area contributed by atoms with Gasteiger partial charge in [-0.3, -0.25) is 33.8 Å². The molecule has 49 heavy (non-hydrogen) atoms. The molecule has 3 fully saturated rings. The van der Waals surface area contributed by atoms with Crippen molar-refractivity contribution in [2.75, 3.05) is 6.54 Å². The molecular weight excluding hydrogens is 624 g/mol. The van der Waals surface area contributed by atoms with Crippen LogP contribution in [0.3, 0.4) is 0 Å². The number of likely N-dealkylation sites (tertiary alicyclic amines) is 1. The van der Waals surface area contributed by atoms with Crippen molar-refractivity contribution in [3.8, 4) is 0 Å². The van der Waals surface area contributed by atoms with E-state index in [1.54, 1.807) is 11.8 Å². The highest BCUT2D eigenvalue weighted by Gasteiger charge is 2.45. The SMILES string of the molecule is CC(=O)C(=O)NC1CC1.CCC.CCC[C@H]1CCN(C(=O)C(NC(=O)[C@@H](NC(=O)c2cnccn2)C2CCCCC2)C(C)(C)C)C1C(C)=O. The molecule has 2 heterocycles. The molecule has 1 aromatic heterocycles. The Morgan fingerprint density at radius 1 is 0.898 bits per heavy atom. The molecule has 2 aliphatic carbocycles. The van der Waals surface area contributed by atoms with Crippen LogP contribution in [0.25, 0.3) is 0 Å². The molecular formula is C37H60N6O6. The summed E-state index contributed by atoms with van der Waals surface area (Å²) in [5, 5.41) is 8.45. The average Bonchev–Trinajstić information content (AvgIpc) is 3.78. The fourth-order valence-electron chi connectivity index (χ4n) is 6.39. The molecule has 0 radical (unpaired) electrons. The number of nitrogens with zero attached hydrogens (tertiary/aromatic N) is 3. The molecule has 0 aromatic carbocycles. The van der Waals surface area contributed by atoms with Crippen molar-refractivity contribution < 1.29 is 28.8 Å². The number of hydrogen-bond donors (Lipinski definition) is 3. The van der Waals surface area contributed by atoms with Gasteiger partial charge < -0.3 is 20.9 Å². The molecule has 1 saturated heterocycles. The number of nitrogens with one attached hydrogen (secondary N) is 3. The Morgan fingerprint density at radius 3 is 2.02 bits per heavy atom. The van der Waals surface area contributed by atoms with Gasteiger partial charge >= 0.3 is 0 Å². The van der Waals surface area contributed by atoms with Crippen molar-refractivity contribution in [2.45, 2.75) is 150 Å². The zero-order valence-corrected chi connectivity index (χ0v) is 31.0. The molecule has 2 saturated carbocycles. The second-order valence-corrected chi connectivity index (χ2v) is 14.7. The number of carbonyl (C=O) groups is 6. The quantitative estimate of drug-likeness (QED) is 0.285. The number of rotatable bonds is 11. The molecule has 4 amide bonds. The first kappa shape index (κ1) is 41.5. The van der Waals surface area contributed by atoms with Gasteiger partial charge in [0.25, 0.3) is 11.8 Å². The van der Waals surface area contributed by atoms with Gasteiger partial charge in [-0.1, -0.05) is 73.6 Å². The van der Waals surface area contributed by atoms with Crippen LogP contribution in [0.15, 0.2) is 18.6 Å². The third kappa shape index (κ3) is 13.3. The summed E-state index contributed by atoms with van der Waals surface area (Å²) in [5.41, 5.74) is -0.453. The zero-order chi connectivity index (χ0) is 36.7. The summed E-state index contributed by atoms with van der Waals surface area (Å²) in [5.74, 6) is -1.82. The van der Waals surface area contributed by atoms with E-state index in [1.165, 1.54) is 31.9 Å². The Kier molecular flexibility index (Phi) is 17.0. The van der Waals surface area contributed by atoms with Crippen LogP contribution in [0.2, 0.25) is 0 Å². The fraction of sp³-hybridized carbons (Fsp3) is 0.730. The van der Waals surface area contributed by atoms with Crippen molar-refractivity contribution in [3.63, 3.8) is 0 Å². The van der Waals surface area contributed by atoms with E-state index in [1.807, 2.05) is 20.8 Å². The van der Waals surface area contributed by atoms with Crippen molar-refractivity contribution in [3.05, 3.63) is 24.3 Å². The smallest absolute Gasteiger partial charge is 0.287 e. The van der Waals surface area contributed by atoms with Crippen LogP contribution in [-0.2, 0) is 24.0 Å². The van der Waals surface area contributed by atoms with Gasteiger partial charge in [0.2, 0.25) is 17.6 Å². The lowest BCUT2D eigenvalue weighted by atomic mass is 9.82. The number of amides is 4. The van der Waals surface area contributed by atoms with Gasteiger partial charge in [-0.2, -0.15) is 0 Å². The third-order valence-corrected chi connectivity index (χ3v) is 9.00. The molecule has 0 spiro atoms. The fourth-order valence-corrected chi connectivity index (χ4v) is 6.39. The summed E-state index contributed by atoms with van der Waals surface area (Å²) < 4.78 is 0. The summed E-state index contributed by atoms with van der Waals surface area (Å²) in [6.45, 7) is 15.4. The van der Waals surface area contributed by atoms with Gasteiger partial charge in [0.15, 0.2) is 5.78 Å². The summed E-state index contributed by atoms with van der Waals surface area (Å²) in [4.78, 5) is 83.7. The summed E-state index contributed by atoms with van der Waals surface area (Å²) >= 11 is 0. The third-order valence-electron chi connectivity index (χ3n) is 9.00. The maximum Gasteiger partial charge on any atom is 0.287 e. The lowest BCUT2D eigenvalue weighted by Gasteiger charge is -2.38. The Labute approximate surface area is 292 Å². The summed E-state index contributed by atoms with van der Waals surface area (Å²) in [7, 11) is 0. The average molecular weight is 685 g/mol. The molecule has 4 rings (SSSR count). The first-order valence-electron chi connectivity index (χ1n) is 18.2. The molecule has 274 valence electrons. The Bertz CT molecular complexity index is 1260. The maximum absolute atomic E-state index is 13.9. The topological polar surface area (TPSA) is 168 Å². The van der Waals surface area contributed by atoms with E-state index in [2.05, 4.69) is 46.7 Å². The van der Waals surface area contributed by atoms with Gasteiger partial charge in [0, 0.05) is 31.9 Å². The van der Waals surface area contributed by atoms with Crippen LogP contribution < -0.4 is 16.0 Å². The van der Waals surface area contributed by atoms with Gasteiger partial charge in [0.1, 0.15) is 17.8 Å². The molecule has 12 heteroatoms. The number of carbonyl (C=O) groups excluding carboxylic acids is 6. The highest BCUT2D eigenvalue weighted by molar-refractivity contribution is 6.35. The second kappa shape index (κ2) is 20.1. The summed E-state index contributed by atoms with van der Waals surface area (Å²) in [6.07, 6.45) is 14.9. The number of aromatic nitrogens is 2. The summed E-state index contributed by atoms with van der Waals surface area (Å²) in [6, 6.07) is -1.79. The van der Waals surface area contributed by atoms with Crippen LogP contribution in [0, 0.1) is 17.3 Å². The maximum atomic E-state index is 13.9. The van der Waals surface area contributed by atoms with Crippen LogP contribution in [0.4, 0.5) is 0 Å².